The number of carbonyl (C=O) groups is 3. The van der Waals surface area contributed by atoms with Crippen LogP contribution in [0.15, 0.2) is 36.5 Å². The van der Waals surface area contributed by atoms with Crippen LogP contribution in [-0.4, -0.2) is 39.8 Å². The zero-order valence-electron chi connectivity index (χ0n) is 21.0. The molecule has 0 spiro atoms. The lowest BCUT2D eigenvalue weighted by atomic mass is 9.98. The molecular formula is C27H26ClF2N5O4. The van der Waals surface area contributed by atoms with Crippen molar-refractivity contribution < 1.29 is 27.9 Å². The van der Waals surface area contributed by atoms with Crippen molar-refractivity contribution in [1.82, 2.24) is 14.9 Å². The topological polar surface area (TPSA) is 116 Å². The van der Waals surface area contributed by atoms with Gasteiger partial charge in [0.05, 0.1) is 34.2 Å². The second kappa shape index (κ2) is 11.0. The first-order valence-corrected chi connectivity index (χ1v) is 13.0. The fourth-order valence-corrected chi connectivity index (χ4v) is 5.21. The van der Waals surface area contributed by atoms with Gasteiger partial charge in [0.25, 0.3) is 0 Å². The molecule has 2 bridgehead atoms. The van der Waals surface area contributed by atoms with Crippen LogP contribution < -0.4 is 10.6 Å². The molecule has 3 amide bonds. The molecule has 3 aromatic rings. The zero-order valence-corrected chi connectivity index (χ0v) is 21.7. The number of ether oxygens (including phenoxy) is 1. The molecule has 2 aliphatic rings. The van der Waals surface area contributed by atoms with Crippen molar-refractivity contribution in [2.24, 2.45) is 5.92 Å². The largest absolute Gasteiger partial charge is 0.441 e. The second-order valence-electron chi connectivity index (χ2n) is 9.65. The highest BCUT2D eigenvalue weighted by Gasteiger charge is 2.37. The highest BCUT2D eigenvalue weighted by Crippen LogP contribution is 2.38. The van der Waals surface area contributed by atoms with Crippen molar-refractivity contribution in [3.05, 3.63) is 64.6 Å². The summed E-state index contributed by atoms with van der Waals surface area (Å²) in [5.74, 6) is -1.76. The highest BCUT2D eigenvalue weighted by molar-refractivity contribution is 6.30. The van der Waals surface area contributed by atoms with E-state index in [1.54, 1.807) is 24.4 Å². The number of H-pyrrole nitrogens is 1. The molecule has 3 heterocycles. The van der Waals surface area contributed by atoms with Gasteiger partial charge in [0.2, 0.25) is 12.3 Å². The third kappa shape index (κ3) is 5.31. The zero-order chi connectivity index (χ0) is 27.7. The Labute approximate surface area is 227 Å². The lowest BCUT2D eigenvalue weighted by Crippen LogP contribution is -2.42. The van der Waals surface area contributed by atoms with Crippen LogP contribution in [0.25, 0.3) is 11.3 Å². The van der Waals surface area contributed by atoms with Gasteiger partial charge in [-0.05, 0) is 43.2 Å². The Morgan fingerprint density at radius 2 is 2.00 bits per heavy atom. The van der Waals surface area contributed by atoms with Crippen LogP contribution in [0.2, 0.25) is 5.02 Å². The Bertz CT molecular complexity index is 1430. The van der Waals surface area contributed by atoms with E-state index in [1.807, 2.05) is 6.92 Å². The van der Waals surface area contributed by atoms with E-state index in [1.165, 1.54) is 4.90 Å². The Kier molecular flexibility index (Phi) is 7.51. The molecular weight excluding hydrogens is 532 g/mol. The molecule has 0 aliphatic carbocycles. The maximum absolute atomic E-state index is 14.6. The fourth-order valence-electron chi connectivity index (χ4n) is 5.05. The first kappa shape index (κ1) is 26.6. The van der Waals surface area contributed by atoms with Gasteiger partial charge in [-0.2, -0.15) is 0 Å². The summed E-state index contributed by atoms with van der Waals surface area (Å²) in [6, 6.07) is 6.75. The molecule has 1 fully saturated rings. The molecule has 1 saturated heterocycles. The van der Waals surface area contributed by atoms with Gasteiger partial charge in [0.1, 0.15) is 17.7 Å². The lowest BCUT2D eigenvalue weighted by Gasteiger charge is -2.36. The number of anilines is 2. The van der Waals surface area contributed by atoms with Gasteiger partial charge in [-0.15, -0.1) is 0 Å². The molecule has 2 aliphatic heterocycles. The summed E-state index contributed by atoms with van der Waals surface area (Å²) in [7, 11) is 0. The lowest BCUT2D eigenvalue weighted by molar-refractivity contribution is -0.119. The monoisotopic (exact) mass is 557 g/mol. The summed E-state index contributed by atoms with van der Waals surface area (Å²) in [6.45, 7) is 1.99. The number of amides is 3. The summed E-state index contributed by atoms with van der Waals surface area (Å²) in [6.07, 6.45) is 2.10. The number of carbonyl (C=O) groups excluding carboxylic acids is 3. The van der Waals surface area contributed by atoms with Crippen LogP contribution in [-0.2, 0) is 14.3 Å². The number of aromatic amines is 1. The molecule has 3 atom stereocenters. The first-order chi connectivity index (χ1) is 18.8. The van der Waals surface area contributed by atoms with Crippen LogP contribution in [0.3, 0.4) is 0 Å². The molecule has 0 saturated carbocycles. The van der Waals surface area contributed by atoms with Gasteiger partial charge in [0.15, 0.2) is 5.82 Å². The second-order valence-corrected chi connectivity index (χ2v) is 10.1. The van der Waals surface area contributed by atoms with Crippen molar-refractivity contribution >= 4 is 41.4 Å². The van der Waals surface area contributed by atoms with E-state index in [0.29, 0.717) is 54.1 Å². The number of aromatic nitrogens is 2. The summed E-state index contributed by atoms with van der Waals surface area (Å²) in [4.78, 5) is 46.3. The summed E-state index contributed by atoms with van der Waals surface area (Å²) in [5, 5.41) is 5.27. The number of fused-ring (bicyclic) bond motifs is 4. The quantitative estimate of drug-likeness (QED) is 0.270. The molecule has 3 N–H and O–H groups in total. The van der Waals surface area contributed by atoms with Gasteiger partial charge >= 0.3 is 6.09 Å². The van der Waals surface area contributed by atoms with Crippen molar-refractivity contribution in [1.29, 1.82) is 0 Å². The van der Waals surface area contributed by atoms with Crippen LogP contribution in [0, 0.1) is 17.6 Å². The number of hydrogen-bond donors (Lipinski definition) is 3. The first-order valence-electron chi connectivity index (χ1n) is 12.6. The minimum atomic E-state index is -1.12. The Balaban J connectivity index is 1.45. The van der Waals surface area contributed by atoms with Crippen molar-refractivity contribution in [3.63, 3.8) is 0 Å². The smallest absolute Gasteiger partial charge is 0.411 e. The number of imidazole rings is 1. The highest BCUT2D eigenvalue weighted by atomic mass is 35.5. The van der Waals surface area contributed by atoms with E-state index in [0.717, 1.165) is 12.1 Å². The SMILES string of the molecule is CC1CCCC(N2CCC(c3c(F)ccc(Cl)c3F)OC2=O)c2ncc([nH]2)-c2ccc(NC=O)cc2NC1=O. The minimum Gasteiger partial charge on any atom is -0.441 e. The van der Waals surface area contributed by atoms with E-state index in [9.17, 15) is 23.2 Å². The standard InChI is InChI=1S/C27H26ClF2N5O4/c1-14-3-2-4-21(35-10-9-22(39-27(35)38)23-18(29)8-7-17(28)24(23)30)25-31-12-20(33-25)16-6-5-15(32-13-36)11-19(16)34-26(14)37/h5-8,11-14,21-22H,2-4,9-10H2,1H3,(H,31,33)(H,32,36)(H,34,37). The van der Waals surface area contributed by atoms with Crippen molar-refractivity contribution in [2.45, 2.75) is 44.8 Å². The number of halogens is 3. The predicted molar refractivity (Wildman–Crippen MR) is 140 cm³/mol. The molecule has 3 unspecified atom stereocenters. The Morgan fingerprint density at radius 3 is 2.77 bits per heavy atom. The summed E-state index contributed by atoms with van der Waals surface area (Å²) in [5.41, 5.74) is 1.89. The van der Waals surface area contributed by atoms with Gasteiger partial charge in [-0.1, -0.05) is 24.9 Å². The fraction of sp³-hybridized carbons (Fsp3) is 0.333. The number of nitrogens with zero attached hydrogens (tertiary/aromatic N) is 2. The number of hydrogen-bond acceptors (Lipinski definition) is 5. The van der Waals surface area contributed by atoms with E-state index < -0.39 is 29.9 Å². The Morgan fingerprint density at radius 1 is 1.18 bits per heavy atom. The third-order valence-electron chi connectivity index (χ3n) is 7.15. The number of nitrogens with one attached hydrogen (secondary N) is 3. The van der Waals surface area contributed by atoms with Gasteiger partial charge in [-0.25, -0.2) is 18.6 Å². The van der Waals surface area contributed by atoms with E-state index in [-0.39, 0.29) is 35.4 Å². The van der Waals surface area contributed by atoms with Gasteiger partial charge < -0.3 is 20.4 Å². The number of cyclic esters (lactones) is 1. The number of rotatable bonds is 4. The van der Waals surface area contributed by atoms with Crippen molar-refractivity contribution in [3.8, 4) is 11.3 Å². The van der Waals surface area contributed by atoms with Crippen molar-refractivity contribution in [2.75, 3.05) is 17.2 Å². The van der Waals surface area contributed by atoms with E-state index in [2.05, 4.69) is 20.6 Å². The molecule has 2 aromatic carbocycles. The minimum absolute atomic E-state index is 0.151. The number of benzene rings is 2. The van der Waals surface area contributed by atoms with Crippen LogP contribution in [0.4, 0.5) is 25.0 Å². The molecule has 5 rings (SSSR count). The summed E-state index contributed by atoms with van der Waals surface area (Å²) >= 11 is 5.83. The van der Waals surface area contributed by atoms with Gasteiger partial charge in [-0.3, -0.25) is 14.5 Å². The maximum atomic E-state index is 14.6. The molecule has 39 heavy (non-hydrogen) atoms. The average molecular weight is 558 g/mol. The molecule has 1 aromatic heterocycles. The average Bonchev–Trinajstić information content (AvgIpc) is 3.39. The summed E-state index contributed by atoms with van der Waals surface area (Å²) < 4.78 is 34.5. The molecule has 204 valence electrons. The third-order valence-corrected chi connectivity index (χ3v) is 7.45. The van der Waals surface area contributed by atoms with Crippen LogP contribution >= 0.6 is 11.6 Å². The maximum Gasteiger partial charge on any atom is 0.411 e. The Hall–Kier alpha value is -3.99. The molecule has 12 heteroatoms. The van der Waals surface area contributed by atoms with Crippen LogP contribution in [0.5, 0.6) is 0 Å². The molecule has 0 radical (unpaired) electrons. The van der Waals surface area contributed by atoms with Crippen LogP contribution in [0.1, 0.15) is 56.1 Å². The van der Waals surface area contributed by atoms with Gasteiger partial charge in [0, 0.05) is 30.1 Å². The van der Waals surface area contributed by atoms with E-state index in [4.69, 9.17) is 16.3 Å². The molecule has 9 nitrogen and oxygen atoms in total. The normalized spacial score (nSPS) is 21.6. The predicted octanol–water partition coefficient (Wildman–Crippen LogP) is 5.96. The van der Waals surface area contributed by atoms with E-state index >= 15 is 0 Å².